The van der Waals surface area contributed by atoms with Crippen LogP contribution in [0.1, 0.15) is 27.7 Å². The normalized spacial score (nSPS) is 12.1. The van der Waals surface area contributed by atoms with Crippen LogP contribution in [0.2, 0.25) is 0 Å². The molecule has 2 rings (SSSR count). The maximum absolute atomic E-state index is 6.02. The van der Waals surface area contributed by atoms with Gasteiger partial charge in [0, 0.05) is 16.9 Å². The van der Waals surface area contributed by atoms with E-state index in [0.717, 1.165) is 12.1 Å². The van der Waals surface area contributed by atoms with Crippen molar-refractivity contribution in [2.45, 2.75) is 34.2 Å². The van der Waals surface area contributed by atoms with Gasteiger partial charge < -0.3 is 11.5 Å². The minimum atomic E-state index is 0.0900. The predicted octanol–water partition coefficient (Wildman–Crippen LogP) is 2.19. The molecule has 2 aromatic rings. The van der Waals surface area contributed by atoms with Crippen LogP contribution in [0.4, 0.5) is 11.4 Å². The SMILES string of the molecule is CC(C)C(C)(C)Cn1nnnc1-c1ccc(N)cc1N. The second kappa shape index (κ2) is 5.11. The Morgan fingerprint density at radius 3 is 2.55 bits per heavy atom. The molecule has 0 unspecified atom stereocenters. The van der Waals surface area contributed by atoms with Crippen molar-refractivity contribution in [2.24, 2.45) is 11.3 Å². The van der Waals surface area contributed by atoms with Crippen LogP contribution in [0.3, 0.4) is 0 Å². The fourth-order valence-corrected chi connectivity index (χ4v) is 1.86. The average Bonchev–Trinajstić information content (AvgIpc) is 2.76. The minimum Gasteiger partial charge on any atom is -0.399 e. The van der Waals surface area contributed by atoms with Gasteiger partial charge in [-0.15, -0.1) is 5.10 Å². The van der Waals surface area contributed by atoms with Crippen LogP contribution in [-0.2, 0) is 6.54 Å². The van der Waals surface area contributed by atoms with Crippen LogP contribution in [0.5, 0.6) is 0 Å². The number of anilines is 2. The molecule has 1 aromatic heterocycles. The van der Waals surface area contributed by atoms with Gasteiger partial charge in [0.1, 0.15) is 0 Å². The highest BCUT2D eigenvalue weighted by Gasteiger charge is 2.25. The number of tetrazole rings is 1. The third kappa shape index (κ3) is 2.74. The van der Waals surface area contributed by atoms with Crippen molar-refractivity contribution in [3.63, 3.8) is 0 Å². The molecule has 0 aliphatic heterocycles. The van der Waals surface area contributed by atoms with Crippen molar-refractivity contribution in [3.8, 4) is 11.4 Å². The maximum Gasteiger partial charge on any atom is 0.184 e. The van der Waals surface area contributed by atoms with E-state index in [4.69, 9.17) is 11.5 Å². The Labute approximate surface area is 119 Å². The Morgan fingerprint density at radius 1 is 1.25 bits per heavy atom. The maximum atomic E-state index is 6.02. The summed E-state index contributed by atoms with van der Waals surface area (Å²) in [5, 5.41) is 12.0. The standard InChI is InChI=1S/C14H22N6/c1-9(2)14(3,4)8-20-13(17-18-19-20)11-6-5-10(15)7-12(11)16/h5-7,9H,8,15-16H2,1-4H3. The van der Waals surface area contributed by atoms with Crippen LogP contribution in [0.25, 0.3) is 11.4 Å². The quantitative estimate of drug-likeness (QED) is 0.833. The number of hydrogen-bond donors (Lipinski definition) is 2. The van der Waals surface area contributed by atoms with E-state index in [1.165, 1.54) is 0 Å². The monoisotopic (exact) mass is 274 g/mol. The number of nitrogen functional groups attached to an aromatic ring is 2. The summed E-state index contributed by atoms with van der Waals surface area (Å²) >= 11 is 0. The van der Waals surface area contributed by atoms with Crippen LogP contribution in [-0.4, -0.2) is 20.2 Å². The second-order valence-electron chi connectivity index (χ2n) is 6.15. The van der Waals surface area contributed by atoms with E-state index in [-0.39, 0.29) is 5.41 Å². The molecule has 0 saturated heterocycles. The molecule has 0 aliphatic carbocycles. The summed E-state index contributed by atoms with van der Waals surface area (Å²) in [5.74, 6) is 1.19. The van der Waals surface area contributed by atoms with Gasteiger partial charge in [0.05, 0.1) is 6.54 Å². The molecular formula is C14H22N6. The van der Waals surface area contributed by atoms with Gasteiger partial charge in [-0.2, -0.15) is 0 Å². The number of nitrogens with zero attached hydrogens (tertiary/aromatic N) is 4. The van der Waals surface area contributed by atoms with Crippen molar-refractivity contribution >= 4 is 11.4 Å². The number of nitrogens with two attached hydrogens (primary N) is 2. The smallest absolute Gasteiger partial charge is 0.184 e. The summed E-state index contributed by atoms with van der Waals surface area (Å²) in [5.41, 5.74) is 13.9. The van der Waals surface area contributed by atoms with Gasteiger partial charge in [0.25, 0.3) is 0 Å². The number of hydrogen-bond acceptors (Lipinski definition) is 5. The molecule has 108 valence electrons. The molecule has 6 nitrogen and oxygen atoms in total. The predicted molar refractivity (Wildman–Crippen MR) is 80.7 cm³/mol. The van der Waals surface area contributed by atoms with Gasteiger partial charge in [-0.3, -0.25) is 0 Å². The third-order valence-electron chi connectivity index (χ3n) is 3.97. The van der Waals surface area contributed by atoms with Crippen molar-refractivity contribution < 1.29 is 0 Å². The highest BCUT2D eigenvalue weighted by molar-refractivity contribution is 5.74. The van der Waals surface area contributed by atoms with Gasteiger partial charge in [-0.25, -0.2) is 4.68 Å². The molecule has 4 N–H and O–H groups in total. The molecule has 0 fully saturated rings. The molecule has 0 atom stereocenters. The molecule has 0 amide bonds. The van der Waals surface area contributed by atoms with E-state index >= 15 is 0 Å². The fraction of sp³-hybridized carbons (Fsp3) is 0.500. The highest BCUT2D eigenvalue weighted by Crippen LogP contribution is 2.31. The summed E-state index contributed by atoms with van der Waals surface area (Å²) < 4.78 is 1.81. The molecule has 0 saturated carbocycles. The van der Waals surface area contributed by atoms with Crippen LogP contribution in [0, 0.1) is 11.3 Å². The highest BCUT2D eigenvalue weighted by atomic mass is 15.5. The summed E-state index contributed by atoms with van der Waals surface area (Å²) in [7, 11) is 0. The van der Waals surface area contributed by atoms with E-state index in [2.05, 4.69) is 43.2 Å². The molecule has 0 bridgehead atoms. The Balaban J connectivity index is 2.38. The van der Waals surface area contributed by atoms with Gasteiger partial charge in [0.2, 0.25) is 0 Å². The summed E-state index contributed by atoms with van der Waals surface area (Å²) in [6.45, 7) is 9.53. The van der Waals surface area contributed by atoms with Crippen molar-refractivity contribution in [2.75, 3.05) is 11.5 Å². The Hall–Kier alpha value is -2.11. The Bertz CT molecular complexity index is 599. The van der Waals surface area contributed by atoms with Gasteiger partial charge in [0.15, 0.2) is 5.82 Å². The topological polar surface area (TPSA) is 95.6 Å². The first-order chi connectivity index (χ1) is 9.31. The molecule has 6 heteroatoms. The van der Waals surface area contributed by atoms with Crippen LogP contribution in [0.15, 0.2) is 18.2 Å². The molecular weight excluding hydrogens is 252 g/mol. The van der Waals surface area contributed by atoms with Gasteiger partial charge in [-0.05, 0) is 40.0 Å². The summed E-state index contributed by atoms with van der Waals surface area (Å²) in [6.07, 6.45) is 0. The van der Waals surface area contributed by atoms with E-state index in [0.29, 0.717) is 23.1 Å². The zero-order chi connectivity index (χ0) is 14.9. The molecule has 0 spiro atoms. The van der Waals surface area contributed by atoms with Crippen molar-refractivity contribution in [3.05, 3.63) is 18.2 Å². The second-order valence-corrected chi connectivity index (χ2v) is 6.15. The number of benzene rings is 1. The van der Waals surface area contributed by atoms with E-state index in [1.54, 1.807) is 12.1 Å². The van der Waals surface area contributed by atoms with Gasteiger partial charge in [-0.1, -0.05) is 27.7 Å². The lowest BCUT2D eigenvalue weighted by Crippen LogP contribution is -2.26. The molecule has 20 heavy (non-hydrogen) atoms. The average molecular weight is 274 g/mol. The lowest BCUT2D eigenvalue weighted by atomic mass is 9.81. The third-order valence-corrected chi connectivity index (χ3v) is 3.97. The van der Waals surface area contributed by atoms with E-state index in [1.807, 2.05) is 10.7 Å². The van der Waals surface area contributed by atoms with Crippen molar-refractivity contribution in [1.82, 2.24) is 20.2 Å². The minimum absolute atomic E-state index is 0.0900. The number of rotatable bonds is 4. The lowest BCUT2D eigenvalue weighted by Gasteiger charge is -2.29. The summed E-state index contributed by atoms with van der Waals surface area (Å²) in [6, 6.07) is 5.38. The van der Waals surface area contributed by atoms with E-state index in [9.17, 15) is 0 Å². The van der Waals surface area contributed by atoms with E-state index < -0.39 is 0 Å². The first kappa shape index (κ1) is 14.3. The molecule has 0 radical (unpaired) electrons. The molecule has 1 heterocycles. The molecule has 1 aromatic carbocycles. The lowest BCUT2D eigenvalue weighted by molar-refractivity contribution is 0.200. The fourth-order valence-electron chi connectivity index (χ4n) is 1.86. The molecule has 0 aliphatic rings. The van der Waals surface area contributed by atoms with Crippen LogP contribution < -0.4 is 11.5 Å². The first-order valence-corrected chi connectivity index (χ1v) is 6.73. The Kier molecular flexibility index (Phi) is 3.65. The first-order valence-electron chi connectivity index (χ1n) is 6.73. The zero-order valence-electron chi connectivity index (χ0n) is 12.5. The van der Waals surface area contributed by atoms with Crippen LogP contribution >= 0.6 is 0 Å². The summed E-state index contributed by atoms with van der Waals surface area (Å²) in [4.78, 5) is 0. The Morgan fingerprint density at radius 2 is 1.95 bits per heavy atom. The van der Waals surface area contributed by atoms with Gasteiger partial charge >= 0.3 is 0 Å². The number of aromatic nitrogens is 4. The largest absolute Gasteiger partial charge is 0.399 e. The zero-order valence-corrected chi connectivity index (χ0v) is 12.5. The van der Waals surface area contributed by atoms with Crippen molar-refractivity contribution in [1.29, 1.82) is 0 Å².